The molecule has 0 saturated carbocycles. The number of hydrogen-bond acceptors (Lipinski definition) is 3. The summed E-state index contributed by atoms with van der Waals surface area (Å²) in [6, 6.07) is 18.1. The van der Waals surface area contributed by atoms with Crippen molar-refractivity contribution >= 4 is 22.7 Å². The van der Waals surface area contributed by atoms with E-state index >= 15 is 0 Å². The number of nitrogens with one attached hydrogen (secondary N) is 1. The lowest BCUT2D eigenvalue weighted by atomic mass is 10.0. The van der Waals surface area contributed by atoms with Crippen LogP contribution in [0.1, 0.15) is 22.3 Å². The van der Waals surface area contributed by atoms with E-state index in [0.29, 0.717) is 23.9 Å². The van der Waals surface area contributed by atoms with Gasteiger partial charge in [0.2, 0.25) is 5.91 Å². The molecule has 126 valence electrons. The van der Waals surface area contributed by atoms with Gasteiger partial charge in [-0.1, -0.05) is 48.5 Å². The third-order valence-electron chi connectivity index (χ3n) is 4.09. The van der Waals surface area contributed by atoms with Gasteiger partial charge in [0.15, 0.2) is 0 Å². The first kappa shape index (κ1) is 16.6. The van der Waals surface area contributed by atoms with Crippen molar-refractivity contribution in [3.05, 3.63) is 78.0 Å². The highest BCUT2D eigenvalue weighted by Crippen LogP contribution is 2.16. The molecule has 5 nitrogen and oxygen atoms in total. The SMILES string of the molecule is NC(=O)[C@@H](CCc1ccccc1)NC(=O)c1cccc2cccnc12. The number of nitrogens with zero attached hydrogens (tertiary/aromatic N) is 1. The molecule has 3 rings (SSSR count). The third kappa shape index (κ3) is 4.01. The molecule has 1 heterocycles. The number of pyridine rings is 1. The number of aromatic nitrogens is 1. The van der Waals surface area contributed by atoms with E-state index < -0.39 is 11.9 Å². The van der Waals surface area contributed by atoms with E-state index in [1.54, 1.807) is 18.3 Å². The fraction of sp³-hybridized carbons (Fsp3) is 0.150. The van der Waals surface area contributed by atoms with Gasteiger partial charge >= 0.3 is 0 Å². The molecule has 0 aliphatic carbocycles. The highest BCUT2D eigenvalue weighted by Gasteiger charge is 2.20. The van der Waals surface area contributed by atoms with Crippen LogP contribution in [0.25, 0.3) is 10.9 Å². The highest BCUT2D eigenvalue weighted by molar-refractivity contribution is 6.06. The molecule has 0 aliphatic heterocycles. The van der Waals surface area contributed by atoms with Crippen LogP contribution in [0.4, 0.5) is 0 Å². The van der Waals surface area contributed by atoms with Gasteiger partial charge in [-0.25, -0.2) is 0 Å². The zero-order valence-electron chi connectivity index (χ0n) is 13.7. The first-order chi connectivity index (χ1) is 12.1. The van der Waals surface area contributed by atoms with E-state index in [9.17, 15) is 9.59 Å². The second-order valence-corrected chi connectivity index (χ2v) is 5.83. The molecule has 0 fully saturated rings. The Labute approximate surface area is 145 Å². The van der Waals surface area contributed by atoms with Crippen molar-refractivity contribution in [2.75, 3.05) is 0 Å². The molecule has 3 aromatic rings. The van der Waals surface area contributed by atoms with Gasteiger partial charge in [0, 0.05) is 11.6 Å². The van der Waals surface area contributed by atoms with Crippen LogP contribution in [0.3, 0.4) is 0 Å². The number of aryl methyl sites for hydroxylation is 1. The van der Waals surface area contributed by atoms with Crippen molar-refractivity contribution in [1.82, 2.24) is 10.3 Å². The zero-order valence-corrected chi connectivity index (χ0v) is 13.7. The summed E-state index contributed by atoms with van der Waals surface area (Å²) in [5.74, 6) is -0.890. The third-order valence-corrected chi connectivity index (χ3v) is 4.09. The number of carbonyl (C=O) groups excluding carboxylic acids is 2. The van der Waals surface area contributed by atoms with E-state index in [4.69, 9.17) is 5.73 Å². The fourth-order valence-corrected chi connectivity index (χ4v) is 2.76. The van der Waals surface area contributed by atoms with E-state index in [0.717, 1.165) is 10.9 Å². The number of nitrogens with two attached hydrogens (primary N) is 1. The van der Waals surface area contributed by atoms with Gasteiger partial charge in [-0.05, 0) is 30.5 Å². The van der Waals surface area contributed by atoms with E-state index in [-0.39, 0.29) is 5.91 Å². The van der Waals surface area contributed by atoms with Crippen molar-refractivity contribution in [3.8, 4) is 0 Å². The minimum Gasteiger partial charge on any atom is -0.368 e. The summed E-state index contributed by atoms with van der Waals surface area (Å²) < 4.78 is 0. The average molecular weight is 333 g/mol. The standard InChI is InChI=1S/C20H19N3O2/c21-19(24)17(12-11-14-6-2-1-3-7-14)23-20(25)16-10-4-8-15-9-5-13-22-18(15)16/h1-10,13,17H,11-12H2,(H2,21,24)(H,23,25)/t17-/m1/s1. The van der Waals surface area contributed by atoms with E-state index in [2.05, 4.69) is 10.3 Å². The van der Waals surface area contributed by atoms with Gasteiger partial charge in [-0.2, -0.15) is 0 Å². The number of rotatable bonds is 6. The Morgan fingerprint density at radius 2 is 1.76 bits per heavy atom. The number of hydrogen-bond donors (Lipinski definition) is 2. The summed E-state index contributed by atoms with van der Waals surface area (Å²) in [5.41, 5.74) is 7.60. The van der Waals surface area contributed by atoms with Crippen LogP contribution >= 0.6 is 0 Å². The molecule has 5 heteroatoms. The normalized spacial score (nSPS) is 11.8. The minimum atomic E-state index is -0.730. The van der Waals surface area contributed by atoms with Crippen molar-refractivity contribution in [3.63, 3.8) is 0 Å². The molecule has 0 spiro atoms. The number of carbonyl (C=O) groups is 2. The Bertz CT molecular complexity index is 888. The molecule has 0 unspecified atom stereocenters. The van der Waals surface area contributed by atoms with Gasteiger partial charge in [0.25, 0.3) is 5.91 Å². The number of para-hydroxylation sites is 1. The van der Waals surface area contributed by atoms with Crippen LogP contribution in [0.15, 0.2) is 66.9 Å². The Kier molecular flexibility index (Phi) is 5.04. The molecule has 3 N–H and O–H groups in total. The van der Waals surface area contributed by atoms with Crippen LogP contribution in [-0.2, 0) is 11.2 Å². The number of amides is 2. The first-order valence-corrected chi connectivity index (χ1v) is 8.13. The van der Waals surface area contributed by atoms with Crippen LogP contribution in [0, 0.1) is 0 Å². The molecule has 2 amide bonds. The van der Waals surface area contributed by atoms with Crippen LogP contribution in [0.5, 0.6) is 0 Å². The van der Waals surface area contributed by atoms with Gasteiger partial charge < -0.3 is 11.1 Å². The fourth-order valence-electron chi connectivity index (χ4n) is 2.76. The van der Waals surface area contributed by atoms with Gasteiger partial charge in [-0.3, -0.25) is 14.6 Å². The van der Waals surface area contributed by atoms with Crippen LogP contribution in [0.2, 0.25) is 0 Å². The van der Waals surface area contributed by atoms with Crippen LogP contribution < -0.4 is 11.1 Å². The van der Waals surface area contributed by atoms with Crippen molar-refractivity contribution in [2.45, 2.75) is 18.9 Å². The maximum atomic E-state index is 12.6. The van der Waals surface area contributed by atoms with Gasteiger partial charge in [0.05, 0.1) is 11.1 Å². The molecular weight excluding hydrogens is 314 g/mol. The molecule has 0 saturated heterocycles. The minimum absolute atomic E-state index is 0.346. The lowest BCUT2D eigenvalue weighted by Gasteiger charge is -2.16. The predicted octanol–water partition coefficient (Wildman–Crippen LogP) is 2.45. The van der Waals surface area contributed by atoms with Gasteiger partial charge in [-0.15, -0.1) is 0 Å². The first-order valence-electron chi connectivity index (χ1n) is 8.13. The second kappa shape index (κ2) is 7.57. The number of fused-ring (bicyclic) bond motifs is 1. The molecule has 0 radical (unpaired) electrons. The molecule has 1 aromatic heterocycles. The molecule has 25 heavy (non-hydrogen) atoms. The van der Waals surface area contributed by atoms with Crippen molar-refractivity contribution < 1.29 is 9.59 Å². The predicted molar refractivity (Wildman–Crippen MR) is 97.0 cm³/mol. The summed E-state index contributed by atoms with van der Waals surface area (Å²) in [5, 5.41) is 3.61. The number of primary amides is 1. The summed E-state index contributed by atoms with van der Waals surface area (Å²) in [6.45, 7) is 0. The summed E-state index contributed by atoms with van der Waals surface area (Å²) in [6.07, 6.45) is 2.74. The molecule has 1 atom stereocenters. The molecule has 2 aromatic carbocycles. The van der Waals surface area contributed by atoms with Gasteiger partial charge in [0.1, 0.15) is 6.04 Å². The lowest BCUT2D eigenvalue weighted by Crippen LogP contribution is -2.44. The lowest BCUT2D eigenvalue weighted by molar-refractivity contribution is -0.120. The summed E-state index contributed by atoms with van der Waals surface area (Å²) >= 11 is 0. The highest BCUT2D eigenvalue weighted by atomic mass is 16.2. The smallest absolute Gasteiger partial charge is 0.254 e. The monoisotopic (exact) mass is 333 g/mol. The summed E-state index contributed by atoms with van der Waals surface area (Å²) in [7, 11) is 0. The molecule has 0 aliphatic rings. The maximum Gasteiger partial charge on any atom is 0.254 e. The molecule has 0 bridgehead atoms. The molecular formula is C20H19N3O2. The Morgan fingerprint density at radius 3 is 2.52 bits per heavy atom. The van der Waals surface area contributed by atoms with Crippen LogP contribution in [-0.4, -0.2) is 22.8 Å². The van der Waals surface area contributed by atoms with Crippen molar-refractivity contribution in [1.29, 1.82) is 0 Å². The largest absolute Gasteiger partial charge is 0.368 e. The maximum absolute atomic E-state index is 12.6. The average Bonchev–Trinajstić information content (AvgIpc) is 2.65. The quantitative estimate of drug-likeness (QED) is 0.726. The second-order valence-electron chi connectivity index (χ2n) is 5.83. The topological polar surface area (TPSA) is 85.1 Å². The Hall–Kier alpha value is -3.21. The van der Waals surface area contributed by atoms with E-state index in [1.807, 2.05) is 48.5 Å². The van der Waals surface area contributed by atoms with Crippen molar-refractivity contribution in [2.24, 2.45) is 5.73 Å². The zero-order chi connectivity index (χ0) is 17.6. The Balaban J connectivity index is 1.75. The number of benzene rings is 2. The Morgan fingerprint density at radius 1 is 1.00 bits per heavy atom. The van der Waals surface area contributed by atoms with E-state index in [1.165, 1.54) is 0 Å². The summed E-state index contributed by atoms with van der Waals surface area (Å²) in [4.78, 5) is 28.6.